The minimum Gasteiger partial charge on any atom is -0.550 e. The summed E-state index contributed by atoms with van der Waals surface area (Å²) >= 11 is 0. The van der Waals surface area contributed by atoms with E-state index in [0.717, 1.165) is 14.2 Å². The summed E-state index contributed by atoms with van der Waals surface area (Å²) in [7, 11) is 2.31. The predicted octanol–water partition coefficient (Wildman–Crippen LogP) is -1.64. The second-order valence-corrected chi connectivity index (χ2v) is 5.02. The zero-order chi connectivity index (χ0) is 19.7. The predicted molar refractivity (Wildman–Crippen MR) is 85.3 cm³/mol. The second kappa shape index (κ2) is 9.87. The van der Waals surface area contributed by atoms with Crippen LogP contribution in [0.5, 0.6) is 0 Å². The molecule has 0 aromatic heterocycles. The average Bonchev–Trinajstić information content (AvgIpc) is 2.60. The fourth-order valence-corrected chi connectivity index (χ4v) is 2.05. The van der Waals surface area contributed by atoms with Gasteiger partial charge in [0.1, 0.15) is 0 Å². The van der Waals surface area contributed by atoms with Crippen LogP contribution in [0.3, 0.4) is 0 Å². The summed E-state index contributed by atoms with van der Waals surface area (Å²) in [5.74, 6) is -4.04. The number of ether oxygens (including phenoxy) is 2. The van der Waals surface area contributed by atoms with Gasteiger partial charge in [-0.2, -0.15) is 0 Å². The molecule has 26 heavy (non-hydrogen) atoms. The molecule has 10 heteroatoms. The fourth-order valence-electron chi connectivity index (χ4n) is 2.05. The number of rotatable bonds is 10. The maximum atomic E-state index is 12.0. The van der Waals surface area contributed by atoms with Gasteiger partial charge >= 0.3 is 11.9 Å². The lowest BCUT2D eigenvalue weighted by molar-refractivity contribution is -0.306. The van der Waals surface area contributed by atoms with Crippen LogP contribution in [-0.2, 0) is 19.1 Å². The highest BCUT2D eigenvalue weighted by molar-refractivity contribution is 6.03. The van der Waals surface area contributed by atoms with Crippen molar-refractivity contribution in [2.75, 3.05) is 37.9 Å². The Hall–Kier alpha value is -3.30. The summed E-state index contributed by atoms with van der Waals surface area (Å²) in [4.78, 5) is 45.0. The summed E-state index contributed by atoms with van der Waals surface area (Å²) < 4.78 is 9.35. The molecule has 142 valence electrons. The third kappa shape index (κ3) is 5.96. The van der Waals surface area contributed by atoms with Crippen LogP contribution >= 0.6 is 0 Å². The minimum atomic E-state index is -1.29. The monoisotopic (exact) mass is 366 g/mol. The number of carboxylic acids is 2. The molecule has 0 aliphatic rings. The van der Waals surface area contributed by atoms with Crippen LogP contribution in [0.1, 0.15) is 33.6 Å². The van der Waals surface area contributed by atoms with Crippen LogP contribution in [0.2, 0.25) is 0 Å². The molecule has 0 amide bonds. The normalized spacial score (nSPS) is 9.92. The minimum absolute atomic E-state index is 0.0226. The SMILES string of the molecule is COC(=O)c1cc(NCCC(=O)[O-])c(C(=O)OC)cc1NCCC(=O)[O-]. The Bertz CT molecular complexity index is 642. The van der Waals surface area contributed by atoms with Gasteiger partial charge in [0, 0.05) is 49.2 Å². The van der Waals surface area contributed by atoms with Crippen LogP contribution < -0.4 is 20.8 Å². The lowest BCUT2D eigenvalue weighted by Crippen LogP contribution is -2.26. The Labute approximate surface area is 149 Å². The summed E-state index contributed by atoms with van der Waals surface area (Å²) in [6.45, 7) is -0.102. The van der Waals surface area contributed by atoms with Gasteiger partial charge in [-0.1, -0.05) is 0 Å². The molecule has 0 saturated heterocycles. The van der Waals surface area contributed by atoms with E-state index in [1.54, 1.807) is 0 Å². The van der Waals surface area contributed by atoms with E-state index in [0.29, 0.717) is 0 Å². The summed E-state index contributed by atoms with van der Waals surface area (Å²) in [5.41, 5.74) is 0.358. The molecule has 0 saturated carbocycles. The van der Waals surface area contributed by atoms with E-state index < -0.39 is 23.9 Å². The summed E-state index contributed by atoms with van der Waals surface area (Å²) in [6.07, 6.45) is -0.639. The van der Waals surface area contributed by atoms with E-state index in [2.05, 4.69) is 20.1 Å². The number of anilines is 2. The first kappa shape index (κ1) is 20.7. The number of methoxy groups -OCH3 is 2. The number of carbonyl (C=O) groups excluding carboxylic acids is 4. The molecular weight excluding hydrogens is 348 g/mol. The first-order valence-electron chi connectivity index (χ1n) is 7.52. The Balaban J connectivity index is 3.25. The standard InChI is InChI=1S/C16H20N2O8/c1-25-15(23)9-7-12(18-6-4-14(21)22)10(16(24)26-2)8-11(9)17-5-3-13(19)20/h7-8,17-18H,3-6H2,1-2H3,(H,19,20)(H,21,22)/p-2. The van der Waals surface area contributed by atoms with Gasteiger partial charge in [0.05, 0.1) is 25.3 Å². The molecule has 1 aromatic rings. The molecule has 0 atom stereocenters. The van der Waals surface area contributed by atoms with Crippen molar-refractivity contribution in [3.8, 4) is 0 Å². The first-order valence-corrected chi connectivity index (χ1v) is 7.52. The third-order valence-corrected chi connectivity index (χ3v) is 3.26. The fraction of sp³-hybridized carbons (Fsp3) is 0.375. The second-order valence-electron chi connectivity index (χ2n) is 5.02. The maximum absolute atomic E-state index is 12.0. The summed E-state index contributed by atoms with van der Waals surface area (Å²) in [5, 5.41) is 26.5. The van der Waals surface area contributed by atoms with Crippen molar-refractivity contribution in [3.63, 3.8) is 0 Å². The number of nitrogens with one attached hydrogen (secondary N) is 2. The van der Waals surface area contributed by atoms with Crippen LogP contribution in [0.25, 0.3) is 0 Å². The van der Waals surface area contributed by atoms with E-state index in [-0.39, 0.29) is 48.4 Å². The van der Waals surface area contributed by atoms with Crippen LogP contribution in [0.15, 0.2) is 12.1 Å². The molecule has 0 unspecified atom stereocenters. The number of hydrogen-bond acceptors (Lipinski definition) is 10. The van der Waals surface area contributed by atoms with Gasteiger partial charge in [0.15, 0.2) is 0 Å². The molecule has 1 aromatic carbocycles. The van der Waals surface area contributed by atoms with Crippen molar-refractivity contribution in [1.82, 2.24) is 0 Å². The number of hydrogen-bond donors (Lipinski definition) is 2. The molecule has 0 heterocycles. The topological polar surface area (TPSA) is 157 Å². The molecule has 0 bridgehead atoms. The number of aliphatic carboxylic acids is 2. The van der Waals surface area contributed by atoms with Crippen molar-refractivity contribution in [2.45, 2.75) is 12.8 Å². The lowest BCUT2D eigenvalue weighted by Gasteiger charge is -2.17. The molecule has 0 aliphatic heterocycles. The molecule has 2 N–H and O–H groups in total. The molecule has 1 rings (SSSR count). The molecule has 10 nitrogen and oxygen atoms in total. The van der Waals surface area contributed by atoms with Gasteiger partial charge in [-0.15, -0.1) is 0 Å². The van der Waals surface area contributed by atoms with Crippen molar-refractivity contribution < 1.29 is 38.9 Å². The highest BCUT2D eigenvalue weighted by Gasteiger charge is 2.20. The number of carboxylic acid groups (broad SMARTS) is 2. The van der Waals surface area contributed by atoms with Gasteiger partial charge in [-0.25, -0.2) is 9.59 Å². The number of carbonyl (C=O) groups is 4. The van der Waals surface area contributed by atoms with E-state index >= 15 is 0 Å². The van der Waals surface area contributed by atoms with Crippen LogP contribution in [-0.4, -0.2) is 51.2 Å². The van der Waals surface area contributed by atoms with Gasteiger partial charge in [-0.05, 0) is 12.1 Å². The zero-order valence-electron chi connectivity index (χ0n) is 14.2. The largest absolute Gasteiger partial charge is 0.550 e. The Kier molecular flexibility index (Phi) is 7.87. The smallest absolute Gasteiger partial charge is 0.340 e. The van der Waals surface area contributed by atoms with Crippen LogP contribution in [0.4, 0.5) is 11.4 Å². The first-order chi connectivity index (χ1) is 12.3. The van der Waals surface area contributed by atoms with Gasteiger partial charge < -0.3 is 39.9 Å². The van der Waals surface area contributed by atoms with Crippen molar-refractivity contribution >= 4 is 35.3 Å². The Morgan fingerprint density at radius 1 is 0.808 bits per heavy atom. The van der Waals surface area contributed by atoms with E-state index in [4.69, 9.17) is 0 Å². The van der Waals surface area contributed by atoms with E-state index in [1.165, 1.54) is 12.1 Å². The molecule has 0 spiro atoms. The van der Waals surface area contributed by atoms with Gasteiger partial charge in [0.2, 0.25) is 0 Å². The van der Waals surface area contributed by atoms with Crippen LogP contribution in [0, 0.1) is 0 Å². The average molecular weight is 366 g/mol. The molecule has 0 radical (unpaired) electrons. The molecule has 0 aliphatic carbocycles. The van der Waals surface area contributed by atoms with E-state index in [9.17, 15) is 29.4 Å². The molecular formula is C16H18N2O8-2. The zero-order valence-corrected chi connectivity index (χ0v) is 14.2. The maximum Gasteiger partial charge on any atom is 0.340 e. The highest BCUT2D eigenvalue weighted by atomic mass is 16.5. The van der Waals surface area contributed by atoms with Crippen molar-refractivity contribution in [2.24, 2.45) is 0 Å². The number of benzene rings is 1. The van der Waals surface area contributed by atoms with E-state index in [1.807, 2.05) is 0 Å². The third-order valence-electron chi connectivity index (χ3n) is 3.26. The highest BCUT2D eigenvalue weighted by Crippen LogP contribution is 2.27. The molecule has 0 fully saturated rings. The summed E-state index contributed by atoms with van der Waals surface area (Å²) in [6, 6.07) is 2.57. The number of esters is 2. The quantitative estimate of drug-likeness (QED) is 0.460. The van der Waals surface area contributed by atoms with Crippen molar-refractivity contribution in [3.05, 3.63) is 23.3 Å². The van der Waals surface area contributed by atoms with Gasteiger partial charge in [-0.3, -0.25) is 0 Å². The van der Waals surface area contributed by atoms with Crippen molar-refractivity contribution in [1.29, 1.82) is 0 Å². The van der Waals surface area contributed by atoms with Gasteiger partial charge in [0.25, 0.3) is 0 Å². The Morgan fingerprint density at radius 3 is 1.42 bits per heavy atom. The Morgan fingerprint density at radius 2 is 1.15 bits per heavy atom. The lowest BCUT2D eigenvalue weighted by atomic mass is 10.1.